The smallest absolute Gasteiger partial charge is 0.246 e. The molecule has 0 bridgehead atoms. The Morgan fingerprint density at radius 2 is 1.95 bits per heavy atom. The van der Waals surface area contributed by atoms with Crippen molar-refractivity contribution >= 4 is 35.2 Å². The van der Waals surface area contributed by atoms with Crippen LogP contribution in [0, 0.1) is 0 Å². The van der Waals surface area contributed by atoms with Crippen LogP contribution in [0.1, 0.15) is 31.7 Å². The van der Waals surface area contributed by atoms with Gasteiger partial charge in [-0.3, -0.25) is 4.79 Å². The molecule has 0 aromatic heterocycles. The van der Waals surface area contributed by atoms with Crippen LogP contribution in [0.5, 0.6) is 0 Å². The van der Waals surface area contributed by atoms with Gasteiger partial charge in [-0.2, -0.15) is 0 Å². The van der Waals surface area contributed by atoms with E-state index in [1.807, 2.05) is 6.92 Å². The van der Waals surface area contributed by atoms with Crippen molar-refractivity contribution in [2.75, 3.05) is 13.1 Å². The standard InChI is InChI=1S/C16H19Cl2NO2/c1-16(21)8-3-10-19(11-9-16)15(20)7-6-12-13(17)4-2-5-14(12)18/h2,4-7,21H,3,8-11H2,1H3/b7-6+. The lowest BCUT2D eigenvalue weighted by Crippen LogP contribution is -2.32. The summed E-state index contributed by atoms with van der Waals surface area (Å²) in [6, 6.07) is 5.24. The van der Waals surface area contributed by atoms with Crippen molar-refractivity contribution in [2.24, 2.45) is 0 Å². The third-order valence-electron chi connectivity index (χ3n) is 3.77. The van der Waals surface area contributed by atoms with Crippen LogP contribution in [0.4, 0.5) is 0 Å². The highest BCUT2D eigenvalue weighted by Crippen LogP contribution is 2.26. The predicted octanol–water partition coefficient (Wildman–Crippen LogP) is 3.77. The van der Waals surface area contributed by atoms with Gasteiger partial charge in [-0.25, -0.2) is 0 Å². The van der Waals surface area contributed by atoms with E-state index in [9.17, 15) is 9.90 Å². The normalized spacial score (nSPS) is 23.3. The summed E-state index contributed by atoms with van der Waals surface area (Å²) in [5, 5.41) is 11.1. The first kappa shape index (κ1) is 16.3. The van der Waals surface area contributed by atoms with E-state index in [4.69, 9.17) is 23.2 Å². The van der Waals surface area contributed by atoms with E-state index >= 15 is 0 Å². The van der Waals surface area contributed by atoms with Crippen LogP contribution in [0.3, 0.4) is 0 Å². The maximum Gasteiger partial charge on any atom is 0.246 e. The second-order valence-corrected chi connectivity index (χ2v) is 6.46. The van der Waals surface area contributed by atoms with Gasteiger partial charge in [-0.15, -0.1) is 0 Å². The number of aliphatic hydroxyl groups is 1. The van der Waals surface area contributed by atoms with Gasteiger partial charge < -0.3 is 10.0 Å². The van der Waals surface area contributed by atoms with Gasteiger partial charge in [0.1, 0.15) is 0 Å². The van der Waals surface area contributed by atoms with Crippen molar-refractivity contribution in [1.29, 1.82) is 0 Å². The number of nitrogens with zero attached hydrogens (tertiary/aromatic N) is 1. The average molecular weight is 328 g/mol. The molecule has 1 N–H and O–H groups in total. The largest absolute Gasteiger partial charge is 0.390 e. The Balaban J connectivity index is 2.06. The Morgan fingerprint density at radius 1 is 1.29 bits per heavy atom. The van der Waals surface area contributed by atoms with Crippen molar-refractivity contribution < 1.29 is 9.90 Å². The third kappa shape index (κ3) is 4.47. The quantitative estimate of drug-likeness (QED) is 0.840. The second kappa shape index (κ2) is 6.82. The van der Waals surface area contributed by atoms with Crippen LogP contribution in [0.25, 0.3) is 6.08 Å². The summed E-state index contributed by atoms with van der Waals surface area (Å²) >= 11 is 12.1. The molecule has 3 nitrogen and oxygen atoms in total. The van der Waals surface area contributed by atoms with Gasteiger partial charge in [0.2, 0.25) is 5.91 Å². The van der Waals surface area contributed by atoms with Crippen LogP contribution in [0.15, 0.2) is 24.3 Å². The summed E-state index contributed by atoms with van der Waals surface area (Å²) in [7, 11) is 0. The minimum atomic E-state index is -0.676. The molecule has 0 saturated carbocycles. The molecule has 114 valence electrons. The molecule has 1 saturated heterocycles. The monoisotopic (exact) mass is 327 g/mol. The molecular weight excluding hydrogens is 309 g/mol. The topological polar surface area (TPSA) is 40.5 Å². The number of hydrogen-bond acceptors (Lipinski definition) is 2. The van der Waals surface area contributed by atoms with E-state index in [0.29, 0.717) is 35.1 Å². The Labute approximate surface area is 135 Å². The first-order chi connectivity index (χ1) is 9.89. The van der Waals surface area contributed by atoms with E-state index in [2.05, 4.69) is 0 Å². The fraction of sp³-hybridized carbons (Fsp3) is 0.438. The highest BCUT2D eigenvalue weighted by atomic mass is 35.5. The lowest BCUT2D eigenvalue weighted by atomic mass is 9.98. The fourth-order valence-corrected chi connectivity index (χ4v) is 2.94. The van der Waals surface area contributed by atoms with Gasteiger partial charge in [-0.1, -0.05) is 29.3 Å². The number of hydrogen-bond donors (Lipinski definition) is 1. The van der Waals surface area contributed by atoms with Crippen LogP contribution in [-0.4, -0.2) is 34.6 Å². The molecule has 1 aromatic carbocycles. The third-order valence-corrected chi connectivity index (χ3v) is 4.43. The van der Waals surface area contributed by atoms with Crippen molar-refractivity contribution in [3.63, 3.8) is 0 Å². The number of benzene rings is 1. The summed E-state index contributed by atoms with van der Waals surface area (Å²) in [6.07, 6.45) is 5.26. The van der Waals surface area contributed by atoms with E-state index in [1.54, 1.807) is 29.2 Å². The summed E-state index contributed by atoms with van der Waals surface area (Å²) in [5.41, 5.74) is -0.0267. The maximum atomic E-state index is 12.2. The first-order valence-corrected chi connectivity index (χ1v) is 7.78. The van der Waals surface area contributed by atoms with Crippen LogP contribution in [0.2, 0.25) is 10.0 Å². The summed E-state index contributed by atoms with van der Waals surface area (Å²) in [4.78, 5) is 14.0. The number of amides is 1. The zero-order valence-electron chi connectivity index (χ0n) is 12.0. The minimum Gasteiger partial charge on any atom is -0.390 e. The highest BCUT2D eigenvalue weighted by Gasteiger charge is 2.26. The molecule has 1 aliphatic heterocycles. The van der Waals surface area contributed by atoms with E-state index in [0.717, 1.165) is 12.8 Å². The Bertz CT molecular complexity index is 535. The summed E-state index contributed by atoms with van der Waals surface area (Å²) in [5.74, 6) is -0.0799. The van der Waals surface area contributed by atoms with Gasteiger partial charge >= 0.3 is 0 Å². The lowest BCUT2D eigenvalue weighted by molar-refractivity contribution is -0.126. The van der Waals surface area contributed by atoms with Crippen molar-refractivity contribution in [3.8, 4) is 0 Å². The number of carbonyl (C=O) groups excluding carboxylic acids is 1. The molecule has 2 rings (SSSR count). The Morgan fingerprint density at radius 3 is 2.62 bits per heavy atom. The van der Waals surface area contributed by atoms with E-state index in [1.165, 1.54) is 6.08 Å². The molecule has 0 spiro atoms. The molecule has 1 amide bonds. The van der Waals surface area contributed by atoms with Crippen LogP contribution >= 0.6 is 23.2 Å². The SMILES string of the molecule is CC1(O)CCCN(C(=O)/C=C/c2c(Cl)cccc2Cl)CC1. The number of halogens is 2. The molecule has 0 aliphatic carbocycles. The molecule has 21 heavy (non-hydrogen) atoms. The van der Waals surface area contributed by atoms with Crippen LogP contribution < -0.4 is 0 Å². The van der Waals surface area contributed by atoms with Gasteiger partial charge in [0, 0.05) is 34.8 Å². The Hall–Kier alpha value is -1.03. The van der Waals surface area contributed by atoms with Gasteiger partial charge in [0.15, 0.2) is 0 Å². The number of carbonyl (C=O) groups is 1. The molecule has 5 heteroatoms. The van der Waals surface area contributed by atoms with Crippen molar-refractivity contribution in [1.82, 2.24) is 4.90 Å². The lowest BCUT2D eigenvalue weighted by Gasteiger charge is -2.21. The van der Waals surface area contributed by atoms with Crippen molar-refractivity contribution in [2.45, 2.75) is 31.8 Å². The molecule has 1 fully saturated rings. The van der Waals surface area contributed by atoms with Gasteiger partial charge in [0.25, 0.3) is 0 Å². The molecule has 0 radical (unpaired) electrons. The zero-order chi connectivity index (χ0) is 15.5. The molecule has 1 aliphatic rings. The molecule has 1 unspecified atom stereocenters. The van der Waals surface area contributed by atoms with Gasteiger partial charge in [-0.05, 0) is 44.4 Å². The zero-order valence-corrected chi connectivity index (χ0v) is 13.5. The van der Waals surface area contributed by atoms with Gasteiger partial charge in [0.05, 0.1) is 5.60 Å². The molecule has 1 aromatic rings. The molecular formula is C16H19Cl2NO2. The number of likely N-dealkylation sites (tertiary alicyclic amines) is 1. The summed E-state index contributed by atoms with van der Waals surface area (Å²) in [6.45, 7) is 3.04. The minimum absolute atomic E-state index is 0.0799. The highest BCUT2D eigenvalue weighted by molar-refractivity contribution is 6.37. The number of rotatable bonds is 2. The van der Waals surface area contributed by atoms with Crippen LogP contribution in [-0.2, 0) is 4.79 Å². The Kier molecular flexibility index (Phi) is 5.31. The molecule has 1 heterocycles. The van der Waals surface area contributed by atoms with Crippen molar-refractivity contribution in [3.05, 3.63) is 39.9 Å². The first-order valence-electron chi connectivity index (χ1n) is 7.02. The second-order valence-electron chi connectivity index (χ2n) is 5.64. The maximum absolute atomic E-state index is 12.2. The molecule has 1 atom stereocenters. The summed E-state index contributed by atoms with van der Waals surface area (Å²) < 4.78 is 0. The average Bonchev–Trinajstić information content (AvgIpc) is 2.59. The predicted molar refractivity (Wildman–Crippen MR) is 86.6 cm³/mol. The van der Waals surface area contributed by atoms with E-state index in [-0.39, 0.29) is 5.91 Å². The van der Waals surface area contributed by atoms with E-state index < -0.39 is 5.60 Å². The fourth-order valence-electron chi connectivity index (χ4n) is 2.41.